The van der Waals surface area contributed by atoms with E-state index in [1.54, 1.807) is 0 Å². The highest BCUT2D eigenvalue weighted by atomic mass is 28.4. The Morgan fingerprint density at radius 2 is 1.82 bits per heavy atom. The maximum absolute atomic E-state index is 13.3. The number of nitrogens with zero attached hydrogens (tertiary/aromatic N) is 1. The Hall–Kier alpha value is -1.50. The Morgan fingerprint density at radius 3 is 2.42 bits per heavy atom. The van der Waals surface area contributed by atoms with E-state index >= 15 is 0 Å². The van der Waals surface area contributed by atoms with Crippen LogP contribution in [0.4, 0.5) is 5.69 Å². The Labute approximate surface area is 201 Å². The van der Waals surface area contributed by atoms with Gasteiger partial charge in [0, 0.05) is 37.1 Å². The van der Waals surface area contributed by atoms with E-state index in [-0.39, 0.29) is 22.8 Å². The summed E-state index contributed by atoms with van der Waals surface area (Å²) in [5, 5.41) is 0.0556. The monoisotopic (exact) mass is 473 g/mol. The van der Waals surface area contributed by atoms with Crippen molar-refractivity contribution in [1.29, 1.82) is 0 Å². The summed E-state index contributed by atoms with van der Waals surface area (Å²) >= 11 is 0. The van der Waals surface area contributed by atoms with Crippen LogP contribution in [0.25, 0.3) is 0 Å². The number of carbonyl (C=O) groups is 2. The van der Waals surface area contributed by atoms with Gasteiger partial charge in [-0.15, -0.1) is 0 Å². The van der Waals surface area contributed by atoms with Gasteiger partial charge in [0.15, 0.2) is 14.5 Å². The van der Waals surface area contributed by atoms with Gasteiger partial charge in [0.05, 0.1) is 6.61 Å². The van der Waals surface area contributed by atoms with Crippen molar-refractivity contribution in [2.45, 2.75) is 104 Å². The summed E-state index contributed by atoms with van der Waals surface area (Å²) in [6.45, 7) is 18.0. The van der Waals surface area contributed by atoms with Crippen LogP contribution in [0.5, 0.6) is 0 Å². The van der Waals surface area contributed by atoms with Crippen molar-refractivity contribution < 1.29 is 18.8 Å². The minimum atomic E-state index is -2.13. The lowest BCUT2D eigenvalue weighted by Crippen LogP contribution is -2.55. The first-order valence-electron chi connectivity index (χ1n) is 12.6. The molecular formula is C27H43NO4Si. The van der Waals surface area contributed by atoms with E-state index in [4.69, 9.17) is 9.16 Å². The predicted molar refractivity (Wildman–Crippen MR) is 136 cm³/mol. The molecule has 6 heteroatoms. The molecule has 0 radical (unpaired) electrons. The van der Waals surface area contributed by atoms with Crippen molar-refractivity contribution >= 4 is 25.6 Å². The van der Waals surface area contributed by atoms with E-state index < -0.39 is 19.3 Å². The Morgan fingerprint density at radius 1 is 1.15 bits per heavy atom. The summed E-state index contributed by atoms with van der Waals surface area (Å²) in [5.74, 6) is 0.0383. The molecule has 0 aliphatic carbocycles. The first-order valence-corrected chi connectivity index (χ1v) is 15.5. The third-order valence-corrected chi connectivity index (χ3v) is 12.6. The van der Waals surface area contributed by atoms with Gasteiger partial charge in [-0.05, 0) is 37.5 Å². The zero-order chi connectivity index (χ0) is 24.7. The van der Waals surface area contributed by atoms with Gasteiger partial charge in [0.25, 0.3) is 0 Å². The van der Waals surface area contributed by atoms with Crippen molar-refractivity contribution in [3.05, 3.63) is 29.8 Å². The molecule has 3 rings (SSSR count). The standard InChI is InChI=1S/C27H43NO4Si/c1-9-11-16-23(30)26(6,22(29)10-2)19-28-21-15-13-12-14-20(21)27(17-18-31-24(27)28)32-33(7,8)25(3,4)5/h12-15,24H,9-11,16-19H2,1-8H3/t24-,26-,27+/m0/s1. The number of hydrogen-bond donors (Lipinski definition) is 0. The summed E-state index contributed by atoms with van der Waals surface area (Å²) in [5.41, 5.74) is 0.530. The van der Waals surface area contributed by atoms with E-state index in [0.717, 1.165) is 30.5 Å². The molecule has 2 aliphatic rings. The number of anilines is 1. The zero-order valence-electron chi connectivity index (χ0n) is 21.9. The molecule has 184 valence electrons. The zero-order valence-corrected chi connectivity index (χ0v) is 22.9. The fraction of sp³-hybridized carbons (Fsp3) is 0.704. The van der Waals surface area contributed by atoms with Crippen LogP contribution < -0.4 is 4.90 Å². The molecule has 33 heavy (non-hydrogen) atoms. The predicted octanol–water partition coefficient (Wildman–Crippen LogP) is 6.21. The molecule has 5 nitrogen and oxygen atoms in total. The lowest BCUT2D eigenvalue weighted by molar-refractivity contribution is -0.139. The average molecular weight is 474 g/mol. The molecule has 3 atom stereocenters. The Kier molecular flexibility index (Phi) is 7.34. The van der Waals surface area contributed by atoms with Gasteiger partial charge in [0.2, 0.25) is 0 Å². The first kappa shape index (κ1) is 26.1. The fourth-order valence-corrected chi connectivity index (χ4v) is 6.54. The lowest BCUT2D eigenvalue weighted by Gasteiger charge is -2.45. The minimum absolute atomic E-state index is 0.00176. The topological polar surface area (TPSA) is 55.8 Å². The summed E-state index contributed by atoms with van der Waals surface area (Å²) in [4.78, 5) is 28.7. The van der Waals surface area contributed by atoms with Crippen molar-refractivity contribution in [3.8, 4) is 0 Å². The molecule has 0 bridgehead atoms. The van der Waals surface area contributed by atoms with Gasteiger partial charge in [-0.3, -0.25) is 9.59 Å². The van der Waals surface area contributed by atoms with Gasteiger partial charge in [0.1, 0.15) is 22.6 Å². The number of carbonyl (C=O) groups excluding carboxylic acids is 2. The van der Waals surface area contributed by atoms with Gasteiger partial charge in [-0.25, -0.2) is 0 Å². The molecule has 0 aromatic heterocycles. The number of rotatable bonds is 10. The number of fused-ring (bicyclic) bond motifs is 3. The van der Waals surface area contributed by atoms with E-state index in [9.17, 15) is 9.59 Å². The number of hydrogen-bond acceptors (Lipinski definition) is 5. The van der Waals surface area contributed by atoms with Crippen molar-refractivity contribution in [3.63, 3.8) is 0 Å². The third-order valence-electron chi connectivity index (χ3n) is 8.14. The first-order chi connectivity index (χ1) is 15.3. The fourth-order valence-electron chi connectivity index (χ4n) is 5.01. The van der Waals surface area contributed by atoms with E-state index in [1.165, 1.54) is 0 Å². The second kappa shape index (κ2) is 9.27. The number of ketones is 2. The van der Waals surface area contributed by atoms with Crippen LogP contribution in [-0.2, 0) is 24.4 Å². The number of Topliss-reactive ketones (excluding diaryl/α,β-unsaturated/α-hetero) is 2. The third kappa shape index (κ3) is 4.46. The molecule has 0 saturated carbocycles. The minimum Gasteiger partial charge on any atom is -0.403 e. The largest absolute Gasteiger partial charge is 0.403 e. The maximum atomic E-state index is 13.3. The van der Waals surface area contributed by atoms with Crippen LogP contribution >= 0.6 is 0 Å². The van der Waals surface area contributed by atoms with E-state index in [1.807, 2.05) is 19.9 Å². The van der Waals surface area contributed by atoms with Crippen molar-refractivity contribution in [2.75, 3.05) is 18.1 Å². The molecule has 2 aliphatic heterocycles. The molecule has 0 amide bonds. The molecule has 1 aromatic rings. The highest BCUT2D eigenvalue weighted by Gasteiger charge is 2.60. The van der Waals surface area contributed by atoms with Gasteiger partial charge >= 0.3 is 0 Å². The molecule has 0 spiro atoms. The lowest BCUT2D eigenvalue weighted by atomic mass is 9.77. The van der Waals surface area contributed by atoms with Crippen LogP contribution in [0, 0.1) is 5.41 Å². The summed E-state index contributed by atoms with van der Waals surface area (Å²) < 4.78 is 13.5. The summed E-state index contributed by atoms with van der Waals surface area (Å²) in [7, 11) is -2.13. The number of para-hydroxylation sites is 1. The highest BCUT2D eigenvalue weighted by molar-refractivity contribution is 6.74. The van der Waals surface area contributed by atoms with E-state index in [0.29, 0.717) is 26.0 Å². The van der Waals surface area contributed by atoms with Crippen LogP contribution in [-0.4, -0.2) is 39.3 Å². The van der Waals surface area contributed by atoms with Gasteiger partial charge in [-0.1, -0.05) is 59.2 Å². The average Bonchev–Trinajstić information content (AvgIpc) is 3.26. The SMILES string of the molecule is CCCCC(=O)[C@@](C)(CN1c2ccccc2[C@]2(O[Si](C)(C)C(C)(C)C)CCO[C@H]12)C(=O)CC. The van der Waals surface area contributed by atoms with Crippen LogP contribution in [0.15, 0.2) is 24.3 Å². The number of unbranched alkanes of at least 4 members (excludes halogenated alkanes) is 1. The van der Waals surface area contributed by atoms with Crippen LogP contribution in [0.2, 0.25) is 18.1 Å². The van der Waals surface area contributed by atoms with Gasteiger partial charge in [-0.2, -0.15) is 0 Å². The normalized spacial score (nSPS) is 24.4. The molecular weight excluding hydrogens is 430 g/mol. The van der Waals surface area contributed by atoms with Gasteiger partial charge < -0.3 is 14.1 Å². The Bertz CT molecular complexity index is 892. The molecule has 1 aromatic carbocycles. The Balaban J connectivity index is 2.05. The summed E-state index contributed by atoms with van der Waals surface area (Å²) in [6, 6.07) is 8.30. The molecule has 1 fully saturated rings. The second-order valence-electron chi connectivity index (χ2n) is 11.5. The second-order valence-corrected chi connectivity index (χ2v) is 16.2. The smallest absolute Gasteiger partial charge is 0.193 e. The highest BCUT2D eigenvalue weighted by Crippen LogP contribution is 2.55. The summed E-state index contributed by atoms with van der Waals surface area (Å²) in [6.07, 6.45) is 2.98. The molecule has 0 N–H and O–H groups in total. The van der Waals surface area contributed by atoms with E-state index in [2.05, 4.69) is 63.9 Å². The quantitative estimate of drug-likeness (QED) is 0.298. The maximum Gasteiger partial charge on any atom is 0.193 e. The number of benzene rings is 1. The number of ether oxygens (including phenoxy) is 1. The van der Waals surface area contributed by atoms with Crippen molar-refractivity contribution in [1.82, 2.24) is 0 Å². The molecule has 1 saturated heterocycles. The van der Waals surface area contributed by atoms with Crippen LogP contribution in [0.1, 0.15) is 79.2 Å². The molecule has 0 unspecified atom stereocenters. The van der Waals surface area contributed by atoms with Crippen molar-refractivity contribution in [2.24, 2.45) is 5.41 Å². The molecule has 2 heterocycles. The van der Waals surface area contributed by atoms with Crippen LogP contribution in [0.3, 0.4) is 0 Å².